The van der Waals surface area contributed by atoms with Crippen molar-refractivity contribution in [3.63, 3.8) is 0 Å². The average molecular weight is 379 g/mol. The highest BCUT2D eigenvalue weighted by molar-refractivity contribution is 7.17. The third-order valence-corrected chi connectivity index (χ3v) is 6.46. The van der Waals surface area contributed by atoms with Gasteiger partial charge in [-0.05, 0) is 64.1 Å². The van der Waals surface area contributed by atoms with E-state index >= 15 is 0 Å². The molecule has 144 valence electrons. The number of hydrogen-bond donors (Lipinski definition) is 1. The highest BCUT2D eigenvalue weighted by atomic mass is 32.1. The van der Waals surface area contributed by atoms with Crippen LogP contribution < -0.4 is 5.32 Å². The van der Waals surface area contributed by atoms with Gasteiger partial charge in [0.05, 0.1) is 12.2 Å². The molecule has 0 unspecified atom stereocenters. The molecule has 3 rings (SSSR count). The fourth-order valence-corrected chi connectivity index (χ4v) is 5.18. The predicted octanol–water partition coefficient (Wildman–Crippen LogP) is 4.01. The molecule has 0 spiro atoms. The van der Waals surface area contributed by atoms with Crippen LogP contribution in [0.2, 0.25) is 0 Å². The molecule has 2 aliphatic rings. The second-order valence-electron chi connectivity index (χ2n) is 7.19. The first-order valence-electron chi connectivity index (χ1n) is 10.0. The molecule has 0 aromatic carbocycles. The molecular weight excluding hydrogens is 348 g/mol. The van der Waals surface area contributed by atoms with E-state index in [1.54, 1.807) is 11.3 Å². The van der Waals surface area contributed by atoms with Gasteiger partial charge in [0.2, 0.25) is 5.91 Å². The second kappa shape index (κ2) is 9.51. The first kappa shape index (κ1) is 19.4. The Morgan fingerprint density at radius 1 is 1.08 bits per heavy atom. The zero-order valence-corrected chi connectivity index (χ0v) is 16.6. The number of rotatable bonds is 6. The minimum atomic E-state index is -0.293. The van der Waals surface area contributed by atoms with Crippen molar-refractivity contribution in [2.75, 3.05) is 31.6 Å². The normalized spacial score (nSPS) is 18.0. The van der Waals surface area contributed by atoms with E-state index < -0.39 is 0 Å². The number of aryl methyl sites for hydroxylation is 1. The Bertz CT molecular complexity index is 635. The number of fused-ring (bicyclic) bond motifs is 1. The molecule has 0 saturated carbocycles. The number of piperidine rings is 1. The molecule has 1 N–H and O–H groups in total. The topological polar surface area (TPSA) is 58.6 Å². The third kappa shape index (κ3) is 4.86. The largest absolute Gasteiger partial charge is 0.462 e. The van der Waals surface area contributed by atoms with Gasteiger partial charge in [-0.25, -0.2) is 4.79 Å². The number of amides is 1. The van der Waals surface area contributed by atoms with E-state index in [2.05, 4.69) is 10.2 Å². The van der Waals surface area contributed by atoms with Gasteiger partial charge < -0.3 is 15.0 Å². The van der Waals surface area contributed by atoms with E-state index in [1.165, 1.54) is 30.6 Å². The van der Waals surface area contributed by atoms with Gasteiger partial charge in [-0.1, -0.05) is 12.8 Å². The summed E-state index contributed by atoms with van der Waals surface area (Å²) in [6.07, 6.45) is 9.58. The van der Waals surface area contributed by atoms with Crippen molar-refractivity contribution in [3.05, 3.63) is 16.0 Å². The quantitative estimate of drug-likeness (QED) is 0.600. The Labute approximate surface area is 160 Å². The summed E-state index contributed by atoms with van der Waals surface area (Å²) in [5.74, 6) is -0.296. The number of nitrogens with one attached hydrogen (secondary N) is 1. The summed E-state index contributed by atoms with van der Waals surface area (Å²) in [6.45, 7) is 5.15. The highest BCUT2D eigenvalue weighted by Gasteiger charge is 2.26. The van der Waals surface area contributed by atoms with Crippen molar-refractivity contribution in [1.82, 2.24) is 4.90 Å². The third-order valence-electron chi connectivity index (χ3n) is 5.26. The molecule has 1 aliphatic carbocycles. The Morgan fingerprint density at radius 3 is 2.58 bits per heavy atom. The first-order valence-corrected chi connectivity index (χ1v) is 10.8. The van der Waals surface area contributed by atoms with Crippen LogP contribution in [0.25, 0.3) is 0 Å². The van der Waals surface area contributed by atoms with Gasteiger partial charge in [-0.3, -0.25) is 4.79 Å². The molecule has 1 aliphatic heterocycles. The molecule has 6 heteroatoms. The van der Waals surface area contributed by atoms with Gasteiger partial charge in [-0.2, -0.15) is 0 Å². The monoisotopic (exact) mass is 378 g/mol. The summed E-state index contributed by atoms with van der Waals surface area (Å²) in [5, 5.41) is 3.71. The van der Waals surface area contributed by atoms with E-state index in [1.807, 2.05) is 6.92 Å². The van der Waals surface area contributed by atoms with Gasteiger partial charge in [0, 0.05) is 17.8 Å². The number of hydrogen-bond acceptors (Lipinski definition) is 5. The van der Waals surface area contributed by atoms with Gasteiger partial charge in [0.25, 0.3) is 0 Å². The maximum absolute atomic E-state index is 12.5. The lowest BCUT2D eigenvalue weighted by Crippen LogP contribution is -2.32. The lowest BCUT2D eigenvalue weighted by atomic mass is 10.1. The van der Waals surface area contributed by atoms with Gasteiger partial charge in [0.15, 0.2) is 0 Å². The Hall–Kier alpha value is -1.40. The lowest BCUT2D eigenvalue weighted by Gasteiger charge is -2.25. The zero-order valence-electron chi connectivity index (χ0n) is 15.8. The van der Waals surface area contributed by atoms with Crippen LogP contribution in [0.4, 0.5) is 5.00 Å². The lowest BCUT2D eigenvalue weighted by molar-refractivity contribution is -0.116. The van der Waals surface area contributed by atoms with Crippen molar-refractivity contribution < 1.29 is 14.3 Å². The van der Waals surface area contributed by atoms with E-state index in [0.29, 0.717) is 23.6 Å². The fourth-order valence-electron chi connectivity index (χ4n) is 3.88. The summed E-state index contributed by atoms with van der Waals surface area (Å²) in [7, 11) is 0. The number of carbonyl (C=O) groups is 2. The number of esters is 1. The molecule has 26 heavy (non-hydrogen) atoms. The molecule has 1 amide bonds. The summed E-state index contributed by atoms with van der Waals surface area (Å²) >= 11 is 1.57. The number of ether oxygens (including phenoxy) is 1. The minimum Gasteiger partial charge on any atom is -0.462 e. The van der Waals surface area contributed by atoms with Gasteiger partial charge in [0.1, 0.15) is 5.00 Å². The van der Waals surface area contributed by atoms with Gasteiger partial charge in [-0.15, -0.1) is 11.3 Å². The van der Waals surface area contributed by atoms with Crippen molar-refractivity contribution in [2.24, 2.45) is 0 Å². The van der Waals surface area contributed by atoms with Crippen LogP contribution in [0, 0.1) is 0 Å². The standard InChI is InChI=1S/C20H30N2O3S/c1-2-25-20(24)18-15-9-5-3-6-10-16(15)26-19(18)21-17(23)11-14-22-12-7-4-8-13-22/h2-14H2,1H3,(H,21,23). The number of anilines is 1. The summed E-state index contributed by atoms with van der Waals surface area (Å²) in [5.41, 5.74) is 1.72. The summed E-state index contributed by atoms with van der Waals surface area (Å²) < 4.78 is 5.28. The molecule has 0 radical (unpaired) electrons. The van der Waals surface area contributed by atoms with Crippen LogP contribution >= 0.6 is 11.3 Å². The number of likely N-dealkylation sites (tertiary alicyclic amines) is 1. The smallest absolute Gasteiger partial charge is 0.341 e. The maximum Gasteiger partial charge on any atom is 0.341 e. The van der Waals surface area contributed by atoms with E-state index in [4.69, 9.17) is 4.74 Å². The van der Waals surface area contributed by atoms with E-state index in [9.17, 15) is 9.59 Å². The molecule has 1 aromatic heterocycles. The van der Waals surface area contributed by atoms with E-state index in [-0.39, 0.29) is 11.9 Å². The summed E-state index contributed by atoms with van der Waals surface area (Å²) in [4.78, 5) is 28.6. The molecule has 0 atom stereocenters. The fraction of sp³-hybridized carbons (Fsp3) is 0.700. The van der Waals surface area contributed by atoms with Crippen LogP contribution in [0.5, 0.6) is 0 Å². The van der Waals surface area contributed by atoms with Gasteiger partial charge >= 0.3 is 5.97 Å². The first-order chi connectivity index (χ1) is 12.7. The Balaban J connectivity index is 1.69. The SMILES string of the molecule is CCOC(=O)c1c(NC(=O)CCN2CCCCC2)sc2c1CCCCC2. The molecule has 0 bridgehead atoms. The molecule has 1 aromatic rings. The zero-order chi connectivity index (χ0) is 18.4. The molecule has 1 saturated heterocycles. The van der Waals surface area contributed by atoms with Crippen molar-refractivity contribution >= 4 is 28.2 Å². The minimum absolute atomic E-state index is 0.00229. The summed E-state index contributed by atoms with van der Waals surface area (Å²) in [6, 6.07) is 0. The predicted molar refractivity (Wildman–Crippen MR) is 105 cm³/mol. The number of nitrogens with zero attached hydrogens (tertiary/aromatic N) is 1. The van der Waals surface area contributed by atoms with Crippen molar-refractivity contribution in [3.8, 4) is 0 Å². The molecular formula is C20H30N2O3S. The van der Waals surface area contributed by atoms with Crippen LogP contribution in [0.15, 0.2) is 0 Å². The number of thiophene rings is 1. The Morgan fingerprint density at radius 2 is 1.81 bits per heavy atom. The maximum atomic E-state index is 12.5. The van der Waals surface area contributed by atoms with Crippen molar-refractivity contribution in [2.45, 2.75) is 64.7 Å². The molecule has 1 fully saturated rings. The Kier molecular flexibility index (Phi) is 7.08. The average Bonchev–Trinajstić information content (AvgIpc) is 2.82. The van der Waals surface area contributed by atoms with Crippen LogP contribution in [0.3, 0.4) is 0 Å². The van der Waals surface area contributed by atoms with Crippen LogP contribution in [-0.4, -0.2) is 43.0 Å². The van der Waals surface area contributed by atoms with Crippen molar-refractivity contribution in [1.29, 1.82) is 0 Å². The number of carbonyl (C=O) groups excluding carboxylic acids is 2. The van der Waals surface area contributed by atoms with E-state index in [0.717, 1.165) is 50.9 Å². The molecule has 5 nitrogen and oxygen atoms in total. The molecule has 2 heterocycles. The highest BCUT2D eigenvalue weighted by Crippen LogP contribution is 2.38. The van der Waals surface area contributed by atoms with Crippen LogP contribution in [0.1, 0.15) is 72.7 Å². The second-order valence-corrected chi connectivity index (χ2v) is 8.29. The van der Waals surface area contributed by atoms with Crippen LogP contribution in [-0.2, 0) is 22.4 Å².